The van der Waals surface area contributed by atoms with Gasteiger partial charge in [-0.05, 0) is 67.1 Å². The second-order valence-corrected chi connectivity index (χ2v) is 9.81. The number of morpholine rings is 1. The molecule has 0 saturated carbocycles. The number of ether oxygens (including phenoxy) is 2. The minimum absolute atomic E-state index is 0.212. The van der Waals surface area contributed by atoms with Crippen LogP contribution in [-0.4, -0.2) is 58.7 Å². The summed E-state index contributed by atoms with van der Waals surface area (Å²) in [5.74, 6) is 0.676. The number of hydrogen-bond donors (Lipinski definition) is 0. The number of rotatable bonds is 7. The molecule has 3 aromatic rings. The molecule has 2 aliphatic rings. The monoisotopic (exact) mass is 502 g/mol. The average Bonchev–Trinajstić information content (AvgIpc) is 3.50. The second-order valence-electron chi connectivity index (χ2n) is 8.81. The van der Waals surface area contributed by atoms with Crippen LogP contribution in [0.1, 0.15) is 30.9 Å². The Bertz CT molecular complexity index is 1290. The molecular formula is C28H30N4O3S. The van der Waals surface area contributed by atoms with Gasteiger partial charge in [0.15, 0.2) is 5.17 Å². The average molecular weight is 503 g/mol. The molecule has 0 N–H and O–H groups in total. The van der Waals surface area contributed by atoms with Gasteiger partial charge < -0.3 is 14.4 Å². The van der Waals surface area contributed by atoms with Gasteiger partial charge >= 0.3 is 0 Å². The van der Waals surface area contributed by atoms with Crippen molar-refractivity contribution < 1.29 is 14.3 Å². The number of benzene rings is 2. The second kappa shape index (κ2) is 11.1. The first-order chi connectivity index (χ1) is 17.6. The number of aryl methyl sites for hydroxylation is 1. The normalized spacial score (nSPS) is 17.1. The third-order valence-electron chi connectivity index (χ3n) is 6.14. The van der Waals surface area contributed by atoms with Gasteiger partial charge in [-0.3, -0.25) is 4.79 Å². The molecule has 7 nitrogen and oxygen atoms in total. The van der Waals surface area contributed by atoms with E-state index in [0.29, 0.717) is 24.7 Å². The fourth-order valence-electron chi connectivity index (χ4n) is 4.14. The van der Waals surface area contributed by atoms with Crippen molar-refractivity contribution in [2.45, 2.75) is 26.7 Å². The quantitative estimate of drug-likeness (QED) is 0.321. The summed E-state index contributed by atoms with van der Waals surface area (Å²) in [6.07, 6.45) is 6.01. The van der Waals surface area contributed by atoms with E-state index in [1.807, 2.05) is 59.4 Å². The van der Waals surface area contributed by atoms with Crippen molar-refractivity contribution in [1.82, 2.24) is 14.7 Å². The molecule has 2 aliphatic heterocycles. The number of nitrogens with zero attached hydrogens (tertiary/aromatic N) is 4. The molecule has 1 saturated heterocycles. The zero-order valence-electron chi connectivity index (χ0n) is 20.6. The van der Waals surface area contributed by atoms with E-state index < -0.39 is 0 Å². The zero-order valence-corrected chi connectivity index (χ0v) is 21.5. The summed E-state index contributed by atoms with van der Waals surface area (Å²) >= 11 is 1.42. The van der Waals surface area contributed by atoms with Crippen molar-refractivity contribution in [1.29, 1.82) is 0 Å². The number of amidine groups is 1. The van der Waals surface area contributed by atoms with Crippen molar-refractivity contribution in [2.75, 3.05) is 32.9 Å². The predicted octanol–water partition coefficient (Wildman–Crippen LogP) is 5.33. The highest BCUT2D eigenvalue weighted by Crippen LogP contribution is 2.34. The number of aliphatic imine (C=N–C) groups is 1. The molecule has 3 heterocycles. The van der Waals surface area contributed by atoms with Gasteiger partial charge in [0, 0.05) is 30.4 Å². The highest BCUT2D eigenvalue weighted by Gasteiger charge is 2.28. The maximum Gasteiger partial charge on any atom is 0.286 e. The van der Waals surface area contributed by atoms with E-state index in [4.69, 9.17) is 14.6 Å². The Labute approximate surface area is 215 Å². The number of unbranched alkanes of at least 4 members (excludes halogenated alkanes) is 1. The first kappa shape index (κ1) is 24.3. The third kappa shape index (κ3) is 5.39. The Morgan fingerprint density at radius 3 is 2.69 bits per heavy atom. The smallest absolute Gasteiger partial charge is 0.286 e. The number of hydrogen-bond acceptors (Lipinski definition) is 6. The van der Waals surface area contributed by atoms with Crippen LogP contribution >= 0.6 is 11.8 Å². The Kier molecular flexibility index (Phi) is 7.53. The van der Waals surface area contributed by atoms with Gasteiger partial charge in [-0.15, -0.1) is 0 Å². The van der Waals surface area contributed by atoms with Crippen molar-refractivity contribution >= 4 is 28.9 Å². The van der Waals surface area contributed by atoms with Crippen LogP contribution in [0.25, 0.3) is 23.0 Å². The van der Waals surface area contributed by atoms with Gasteiger partial charge in [0.05, 0.1) is 30.4 Å². The number of carbonyl (C=O) groups excluding carboxylic acids is 1. The van der Waals surface area contributed by atoms with Gasteiger partial charge in [0.1, 0.15) is 11.4 Å². The van der Waals surface area contributed by atoms with Gasteiger partial charge in [0.2, 0.25) is 0 Å². The van der Waals surface area contributed by atoms with E-state index in [1.165, 1.54) is 11.8 Å². The van der Waals surface area contributed by atoms with Crippen LogP contribution in [0.4, 0.5) is 0 Å². The van der Waals surface area contributed by atoms with Crippen molar-refractivity contribution in [2.24, 2.45) is 4.99 Å². The number of carbonyl (C=O) groups is 1. The van der Waals surface area contributed by atoms with Crippen LogP contribution in [0.3, 0.4) is 0 Å². The summed E-state index contributed by atoms with van der Waals surface area (Å²) in [6.45, 7) is 7.71. The van der Waals surface area contributed by atoms with Crippen LogP contribution < -0.4 is 4.74 Å². The van der Waals surface area contributed by atoms with Crippen molar-refractivity contribution in [3.63, 3.8) is 0 Å². The summed E-state index contributed by atoms with van der Waals surface area (Å²) in [5.41, 5.74) is 4.66. The lowest BCUT2D eigenvalue weighted by atomic mass is 10.0. The maximum atomic E-state index is 12.8. The van der Waals surface area contributed by atoms with Gasteiger partial charge in [-0.25, -0.2) is 4.68 Å². The van der Waals surface area contributed by atoms with E-state index in [2.05, 4.69) is 29.8 Å². The Hall–Kier alpha value is -3.36. The highest BCUT2D eigenvalue weighted by atomic mass is 32.2. The first-order valence-corrected chi connectivity index (χ1v) is 13.2. The molecule has 2 aromatic carbocycles. The minimum Gasteiger partial charge on any atom is -0.493 e. The Morgan fingerprint density at radius 1 is 1.14 bits per heavy atom. The lowest BCUT2D eigenvalue weighted by Crippen LogP contribution is -2.38. The van der Waals surface area contributed by atoms with Crippen LogP contribution in [0.2, 0.25) is 0 Å². The van der Waals surface area contributed by atoms with Crippen LogP contribution in [0, 0.1) is 6.92 Å². The van der Waals surface area contributed by atoms with Crippen molar-refractivity contribution in [3.05, 3.63) is 70.8 Å². The summed E-state index contributed by atoms with van der Waals surface area (Å²) in [7, 11) is 0. The fraction of sp³-hybridized carbons (Fsp3) is 0.321. The predicted molar refractivity (Wildman–Crippen MR) is 145 cm³/mol. The largest absolute Gasteiger partial charge is 0.493 e. The standard InChI is InChI=1S/C28H30N4O3S/c1-3-4-14-35-24-11-10-21(17-20(24)2)26-22(19-32(30-26)23-8-6-5-7-9-23)18-25-27(33)29-28(36-25)31-12-15-34-16-13-31/h5-11,17-19H,3-4,12-16H2,1-2H3/b25-18-. The summed E-state index contributed by atoms with van der Waals surface area (Å²) < 4.78 is 13.2. The molecule has 0 spiro atoms. The summed E-state index contributed by atoms with van der Waals surface area (Å²) in [5, 5.41) is 5.67. The first-order valence-electron chi connectivity index (χ1n) is 12.4. The molecule has 1 fully saturated rings. The number of amides is 1. The van der Waals surface area contributed by atoms with Gasteiger partial charge in [-0.1, -0.05) is 31.5 Å². The molecular weight excluding hydrogens is 472 g/mol. The molecule has 8 heteroatoms. The van der Waals surface area contributed by atoms with E-state index in [0.717, 1.165) is 64.9 Å². The summed E-state index contributed by atoms with van der Waals surface area (Å²) in [4.78, 5) is 19.8. The lowest BCUT2D eigenvalue weighted by molar-refractivity contribution is -0.113. The molecule has 5 rings (SSSR count). The molecule has 0 aliphatic carbocycles. The third-order valence-corrected chi connectivity index (χ3v) is 7.19. The number of thioether (sulfide) groups is 1. The molecule has 1 aromatic heterocycles. The lowest BCUT2D eigenvalue weighted by Gasteiger charge is -2.27. The van der Waals surface area contributed by atoms with E-state index in [1.54, 1.807) is 0 Å². The van der Waals surface area contributed by atoms with Crippen molar-refractivity contribution in [3.8, 4) is 22.7 Å². The number of para-hydroxylation sites is 1. The van der Waals surface area contributed by atoms with E-state index >= 15 is 0 Å². The van der Waals surface area contributed by atoms with Gasteiger partial charge in [0.25, 0.3) is 5.91 Å². The van der Waals surface area contributed by atoms with E-state index in [-0.39, 0.29) is 5.91 Å². The summed E-state index contributed by atoms with van der Waals surface area (Å²) in [6, 6.07) is 16.1. The topological polar surface area (TPSA) is 68.9 Å². The molecule has 36 heavy (non-hydrogen) atoms. The Balaban J connectivity index is 1.48. The van der Waals surface area contributed by atoms with Crippen LogP contribution in [0.5, 0.6) is 5.75 Å². The van der Waals surface area contributed by atoms with E-state index in [9.17, 15) is 4.79 Å². The molecule has 1 amide bonds. The highest BCUT2D eigenvalue weighted by molar-refractivity contribution is 8.18. The molecule has 186 valence electrons. The molecule has 0 unspecified atom stereocenters. The van der Waals surface area contributed by atoms with Gasteiger partial charge in [-0.2, -0.15) is 10.1 Å². The zero-order chi connectivity index (χ0) is 24.9. The number of aromatic nitrogens is 2. The Morgan fingerprint density at radius 2 is 1.94 bits per heavy atom. The SMILES string of the molecule is CCCCOc1ccc(-c2nn(-c3ccccc3)cc2/C=C2\SC(N3CCOCC3)=NC2=O)cc1C. The molecule has 0 radical (unpaired) electrons. The molecule has 0 atom stereocenters. The maximum absolute atomic E-state index is 12.8. The molecule has 0 bridgehead atoms. The van der Waals surface area contributed by atoms with Crippen LogP contribution in [0.15, 0.2) is 64.6 Å². The minimum atomic E-state index is -0.212. The van der Waals surface area contributed by atoms with Crippen LogP contribution in [-0.2, 0) is 9.53 Å². The fourth-order valence-corrected chi connectivity index (χ4v) is 5.10.